The molecule has 2 N–H and O–H groups in total. The third-order valence-electron chi connectivity index (χ3n) is 5.32. The van der Waals surface area contributed by atoms with Crippen molar-refractivity contribution >= 4 is 22.8 Å². The third kappa shape index (κ3) is 3.07. The van der Waals surface area contributed by atoms with Crippen LogP contribution in [0.3, 0.4) is 0 Å². The maximum atomic E-state index is 12.9. The van der Waals surface area contributed by atoms with Gasteiger partial charge < -0.3 is 15.5 Å². The summed E-state index contributed by atoms with van der Waals surface area (Å²) in [6, 6.07) is 7.98. The SMILES string of the molecule is CC(C)NC(=O)n1nc(C(=O)N[C@H]2CN3CCC2CC3)c2c[c]ccc21. The van der Waals surface area contributed by atoms with Gasteiger partial charge in [-0.25, -0.2) is 4.79 Å². The van der Waals surface area contributed by atoms with Gasteiger partial charge in [0.1, 0.15) is 0 Å². The second kappa shape index (κ2) is 6.72. The minimum atomic E-state index is -0.335. The Morgan fingerprint density at radius 1 is 1.31 bits per heavy atom. The summed E-state index contributed by atoms with van der Waals surface area (Å²) in [5, 5.41) is 10.9. The molecule has 2 amide bonds. The van der Waals surface area contributed by atoms with Gasteiger partial charge in [0.05, 0.1) is 5.52 Å². The van der Waals surface area contributed by atoms with E-state index in [9.17, 15) is 9.59 Å². The molecule has 1 aromatic carbocycles. The highest BCUT2D eigenvalue weighted by atomic mass is 16.2. The fraction of sp³-hybridized carbons (Fsp3) is 0.526. The van der Waals surface area contributed by atoms with E-state index in [0.717, 1.165) is 32.5 Å². The Kier molecular flexibility index (Phi) is 4.40. The van der Waals surface area contributed by atoms with Gasteiger partial charge >= 0.3 is 6.03 Å². The second-order valence-corrected chi connectivity index (χ2v) is 7.53. The third-order valence-corrected chi connectivity index (χ3v) is 5.32. The molecule has 137 valence electrons. The van der Waals surface area contributed by atoms with E-state index in [1.165, 1.54) is 4.68 Å². The molecule has 0 aliphatic carbocycles. The van der Waals surface area contributed by atoms with Crippen LogP contribution in [0.4, 0.5) is 4.79 Å². The number of nitrogens with one attached hydrogen (secondary N) is 2. The van der Waals surface area contributed by atoms with Crippen LogP contribution in [0.25, 0.3) is 10.9 Å². The number of rotatable bonds is 3. The van der Waals surface area contributed by atoms with Crippen molar-refractivity contribution in [1.82, 2.24) is 25.3 Å². The van der Waals surface area contributed by atoms with Crippen LogP contribution in [0.1, 0.15) is 37.2 Å². The van der Waals surface area contributed by atoms with Crippen molar-refractivity contribution in [2.24, 2.45) is 5.92 Å². The van der Waals surface area contributed by atoms with Gasteiger partial charge in [-0.2, -0.15) is 9.78 Å². The first kappa shape index (κ1) is 17.0. The molecule has 0 saturated carbocycles. The summed E-state index contributed by atoms with van der Waals surface area (Å²) in [5.41, 5.74) is 0.896. The summed E-state index contributed by atoms with van der Waals surface area (Å²) in [7, 11) is 0. The lowest BCUT2D eigenvalue weighted by atomic mass is 9.84. The molecule has 1 aromatic heterocycles. The zero-order valence-corrected chi connectivity index (χ0v) is 15.2. The molecule has 0 spiro atoms. The van der Waals surface area contributed by atoms with Crippen LogP contribution in [0, 0.1) is 12.0 Å². The fourth-order valence-electron chi connectivity index (χ4n) is 4.00. The maximum Gasteiger partial charge on any atom is 0.342 e. The Morgan fingerprint density at radius 2 is 2.08 bits per heavy atom. The van der Waals surface area contributed by atoms with Crippen molar-refractivity contribution in [3.8, 4) is 0 Å². The molecule has 3 aliphatic heterocycles. The molecule has 5 rings (SSSR count). The van der Waals surface area contributed by atoms with Crippen LogP contribution >= 0.6 is 0 Å². The van der Waals surface area contributed by atoms with Gasteiger partial charge in [0.2, 0.25) is 0 Å². The van der Waals surface area contributed by atoms with Crippen molar-refractivity contribution in [2.75, 3.05) is 19.6 Å². The minimum absolute atomic E-state index is 0.0128. The predicted octanol–water partition coefficient (Wildman–Crippen LogP) is 1.63. The lowest BCUT2D eigenvalue weighted by molar-refractivity contribution is 0.0618. The highest BCUT2D eigenvalue weighted by Crippen LogP contribution is 2.28. The van der Waals surface area contributed by atoms with Crippen molar-refractivity contribution in [2.45, 2.75) is 38.8 Å². The van der Waals surface area contributed by atoms with E-state index in [0.29, 0.717) is 16.8 Å². The van der Waals surface area contributed by atoms with Crippen LogP contribution in [0.2, 0.25) is 0 Å². The summed E-state index contributed by atoms with van der Waals surface area (Å²) in [6.45, 7) is 6.92. The Hall–Kier alpha value is -2.41. The Balaban J connectivity index is 1.61. The number of nitrogens with zero attached hydrogens (tertiary/aromatic N) is 3. The Morgan fingerprint density at radius 3 is 2.73 bits per heavy atom. The van der Waals surface area contributed by atoms with Gasteiger partial charge in [-0.3, -0.25) is 4.79 Å². The zero-order valence-electron chi connectivity index (χ0n) is 15.2. The lowest BCUT2D eigenvalue weighted by Gasteiger charge is -2.44. The van der Waals surface area contributed by atoms with E-state index in [1.807, 2.05) is 13.8 Å². The number of piperidine rings is 3. The lowest BCUT2D eigenvalue weighted by Crippen LogP contribution is -2.57. The monoisotopic (exact) mass is 354 g/mol. The first-order valence-electron chi connectivity index (χ1n) is 9.26. The van der Waals surface area contributed by atoms with Gasteiger partial charge in [0.15, 0.2) is 5.69 Å². The van der Waals surface area contributed by atoms with Gasteiger partial charge in [-0.05, 0) is 63.9 Å². The molecular weight excluding hydrogens is 330 g/mol. The first-order chi connectivity index (χ1) is 12.5. The quantitative estimate of drug-likeness (QED) is 0.878. The number of hydrogen-bond donors (Lipinski definition) is 2. The number of carbonyl (C=O) groups excluding carboxylic acids is 2. The molecule has 3 aliphatic rings. The molecule has 1 radical (unpaired) electrons. The van der Waals surface area contributed by atoms with Crippen LogP contribution < -0.4 is 10.6 Å². The summed E-state index contributed by atoms with van der Waals surface area (Å²) in [5.74, 6) is 0.317. The van der Waals surface area contributed by atoms with Crippen LogP contribution in [0.15, 0.2) is 18.2 Å². The largest absolute Gasteiger partial charge is 0.346 e. The molecule has 4 heterocycles. The number of carbonyl (C=O) groups is 2. The second-order valence-electron chi connectivity index (χ2n) is 7.53. The summed E-state index contributed by atoms with van der Waals surface area (Å²) in [6.07, 6.45) is 2.26. The predicted molar refractivity (Wildman–Crippen MR) is 98.1 cm³/mol. The molecule has 2 aromatic rings. The van der Waals surface area contributed by atoms with E-state index < -0.39 is 0 Å². The molecule has 0 unspecified atom stereocenters. The van der Waals surface area contributed by atoms with Gasteiger partial charge in [0.25, 0.3) is 5.91 Å². The van der Waals surface area contributed by atoms with E-state index in [2.05, 4.69) is 26.7 Å². The molecule has 2 bridgehead atoms. The number of amides is 2. The summed E-state index contributed by atoms with van der Waals surface area (Å²) in [4.78, 5) is 27.7. The average Bonchev–Trinajstić information content (AvgIpc) is 3.02. The summed E-state index contributed by atoms with van der Waals surface area (Å²) >= 11 is 0. The minimum Gasteiger partial charge on any atom is -0.346 e. The number of benzene rings is 1. The highest BCUT2D eigenvalue weighted by molar-refractivity contribution is 6.06. The number of fused-ring (bicyclic) bond motifs is 4. The van der Waals surface area contributed by atoms with Crippen molar-refractivity contribution in [3.05, 3.63) is 30.0 Å². The smallest absolute Gasteiger partial charge is 0.342 e. The fourth-order valence-corrected chi connectivity index (χ4v) is 4.00. The zero-order chi connectivity index (χ0) is 18.3. The molecule has 7 heteroatoms. The molecule has 1 atom stereocenters. The van der Waals surface area contributed by atoms with E-state index in [-0.39, 0.29) is 29.7 Å². The standard InChI is InChI=1S/C19H24N5O2/c1-12(2)20-19(26)24-16-6-4-3-5-14(16)17(22-24)18(25)21-15-11-23-9-7-13(15)8-10-23/h4-6,12-13,15H,7-11H2,1-2H3,(H,20,26)(H,21,25)/t15-/m0/s1. The summed E-state index contributed by atoms with van der Waals surface area (Å²) < 4.78 is 1.27. The van der Waals surface area contributed by atoms with Crippen LogP contribution in [0.5, 0.6) is 0 Å². The van der Waals surface area contributed by atoms with E-state index in [4.69, 9.17) is 0 Å². The molecule has 7 nitrogen and oxygen atoms in total. The van der Waals surface area contributed by atoms with Gasteiger partial charge in [-0.15, -0.1) is 0 Å². The molecule has 3 saturated heterocycles. The number of aromatic nitrogens is 2. The van der Waals surface area contributed by atoms with E-state index in [1.54, 1.807) is 18.2 Å². The highest BCUT2D eigenvalue weighted by Gasteiger charge is 2.35. The Bertz CT molecular complexity index is 836. The van der Waals surface area contributed by atoms with Gasteiger partial charge in [-0.1, -0.05) is 6.07 Å². The first-order valence-corrected chi connectivity index (χ1v) is 9.26. The normalized spacial score (nSPS) is 24.8. The Labute approximate surface area is 152 Å². The van der Waals surface area contributed by atoms with Crippen molar-refractivity contribution in [3.63, 3.8) is 0 Å². The van der Waals surface area contributed by atoms with Crippen LogP contribution in [-0.4, -0.2) is 58.3 Å². The van der Waals surface area contributed by atoms with Crippen LogP contribution in [-0.2, 0) is 0 Å². The van der Waals surface area contributed by atoms with Crippen molar-refractivity contribution < 1.29 is 9.59 Å². The topological polar surface area (TPSA) is 79.3 Å². The van der Waals surface area contributed by atoms with Gasteiger partial charge in [0, 0.05) is 24.0 Å². The average molecular weight is 354 g/mol. The molecule has 26 heavy (non-hydrogen) atoms. The molecule has 3 fully saturated rings. The number of hydrogen-bond acceptors (Lipinski definition) is 4. The van der Waals surface area contributed by atoms with E-state index >= 15 is 0 Å². The van der Waals surface area contributed by atoms with Crippen molar-refractivity contribution in [1.29, 1.82) is 0 Å². The molecular formula is C19H24N5O2. The maximum absolute atomic E-state index is 12.9.